The number of carbonyl (C=O) groups excluding carboxylic acids is 2. The minimum Gasteiger partial charge on any atom is -0.438 e. The molecule has 2 heterocycles. The standard InChI is InChI=1S/C18H21N3O5S/c1-19-18(23)16(13-7-3-2-4-8-13)20-17(22)14-9-10-15(26-14)27(24,25)21-11-5-6-12-21/h2-4,7-10,16H,5-6,11-12H2,1H3,(H,19,23)(H,20,22). The van der Waals surface area contributed by atoms with Gasteiger partial charge in [0.2, 0.25) is 11.0 Å². The van der Waals surface area contributed by atoms with Crippen LogP contribution < -0.4 is 10.6 Å². The van der Waals surface area contributed by atoms with Gasteiger partial charge in [-0.15, -0.1) is 0 Å². The highest BCUT2D eigenvalue weighted by atomic mass is 32.2. The third-order valence-electron chi connectivity index (χ3n) is 4.38. The molecule has 1 aromatic heterocycles. The molecule has 1 atom stereocenters. The van der Waals surface area contributed by atoms with Crippen LogP contribution in [0.5, 0.6) is 0 Å². The van der Waals surface area contributed by atoms with E-state index in [4.69, 9.17) is 4.42 Å². The molecule has 1 unspecified atom stereocenters. The predicted octanol–water partition coefficient (Wildman–Crippen LogP) is 1.28. The van der Waals surface area contributed by atoms with Gasteiger partial charge >= 0.3 is 0 Å². The molecular formula is C18H21N3O5S. The Hall–Kier alpha value is -2.65. The summed E-state index contributed by atoms with van der Waals surface area (Å²) in [6.45, 7) is 0.884. The Kier molecular flexibility index (Phi) is 5.62. The Morgan fingerprint density at radius 2 is 1.74 bits per heavy atom. The van der Waals surface area contributed by atoms with Crippen LogP contribution in [0.15, 0.2) is 52.0 Å². The predicted molar refractivity (Wildman–Crippen MR) is 97.4 cm³/mol. The number of benzene rings is 1. The molecule has 27 heavy (non-hydrogen) atoms. The number of carbonyl (C=O) groups is 2. The van der Waals surface area contributed by atoms with E-state index in [0.717, 1.165) is 12.8 Å². The summed E-state index contributed by atoms with van der Waals surface area (Å²) in [5.41, 5.74) is 0.599. The third-order valence-corrected chi connectivity index (χ3v) is 6.15. The molecule has 0 saturated carbocycles. The Labute approximate surface area is 157 Å². The first-order chi connectivity index (χ1) is 12.9. The number of sulfonamides is 1. The SMILES string of the molecule is CNC(=O)C(NC(=O)c1ccc(S(=O)(=O)N2CCCC2)o1)c1ccccc1. The van der Waals surface area contributed by atoms with Crippen molar-refractivity contribution in [2.75, 3.05) is 20.1 Å². The molecule has 1 aromatic carbocycles. The number of nitrogens with one attached hydrogen (secondary N) is 2. The van der Waals surface area contributed by atoms with E-state index in [0.29, 0.717) is 18.7 Å². The molecule has 2 amide bonds. The van der Waals surface area contributed by atoms with E-state index < -0.39 is 27.9 Å². The van der Waals surface area contributed by atoms with E-state index in [1.165, 1.54) is 23.5 Å². The molecule has 3 rings (SSSR count). The summed E-state index contributed by atoms with van der Waals surface area (Å²) in [6, 6.07) is 10.4. The lowest BCUT2D eigenvalue weighted by atomic mass is 10.1. The van der Waals surface area contributed by atoms with Gasteiger partial charge < -0.3 is 15.1 Å². The van der Waals surface area contributed by atoms with Gasteiger partial charge in [-0.2, -0.15) is 4.31 Å². The molecular weight excluding hydrogens is 370 g/mol. The van der Waals surface area contributed by atoms with E-state index >= 15 is 0 Å². The molecule has 0 radical (unpaired) electrons. The highest BCUT2D eigenvalue weighted by Gasteiger charge is 2.31. The topological polar surface area (TPSA) is 109 Å². The molecule has 9 heteroatoms. The Bertz CT molecular complexity index is 917. The highest BCUT2D eigenvalue weighted by Crippen LogP contribution is 2.23. The number of amides is 2. The van der Waals surface area contributed by atoms with Crippen molar-refractivity contribution in [3.63, 3.8) is 0 Å². The van der Waals surface area contributed by atoms with E-state index in [2.05, 4.69) is 10.6 Å². The van der Waals surface area contributed by atoms with E-state index in [1.807, 2.05) is 0 Å². The summed E-state index contributed by atoms with van der Waals surface area (Å²) in [7, 11) is -2.28. The summed E-state index contributed by atoms with van der Waals surface area (Å²) in [5, 5.41) is 4.81. The van der Waals surface area contributed by atoms with E-state index in [9.17, 15) is 18.0 Å². The van der Waals surface area contributed by atoms with Crippen molar-refractivity contribution in [2.24, 2.45) is 0 Å². The van der Waals surface area contributed by atoms with Crippen LogP contribution in [0.1, 0.15) is 35.0 Å². The maximum Gasteiger partial charge on any atom is 0.287 e. The number of furan rings is 1. The maximum absolute atomic E-state index is 12.5. The van der Waals surface area contributed by atoms with Crippen LogP contribution in [0.25, 0.3) is 0 Å². The fraction of sp³-hybridized carbons (Fsp3) is 0.333. The number of hydrogen-bond donors (Lipinski definition) is 2. The van der Waals surface area contributed by atoms with Crippen LogP contribution in [0, 0.1) is 0 Å². The number of likely N-dealkylation sites (N-methyl/N-ethyl adjacent to an activating group) is 1. The molecule has 1 aliphatic rings. The Balaban J connectivity index is 1.79. The first kappa shape index (κ1) is 19.1. The maximum atomic E-state index is 12.5. The second kappa shape index (κ2) is 7.93. The minimum absolute atomic E-state index is 0.169. The number of nitrogens with zero attached hydrogens (tertiary/aromatic N) is 1. The summed E-state index contributed by atoms with van der Waals surface area (Å²) in [6.07, 6.45) is 1.61. The average Bonchev–Trinajstić information content (AvgIpc) is 3.38. The molecule has 1 saturated heterocycles. The van der Waals surface area contributed by atoms with Crippen molar-refractivity contribution in [1.29, 1.82) is 0 Å². The molecule has 0 aliphatic carbocycles. The Morgan fingerprint density at radius 1 is 1.07 bits per heavy atom. The molecule has 0 spiro atoms. The van der Waals surface area contributed by atoms with Gasteiger partial charge in [-0.25, -0.2) is 8.42 Å². The fourth-order valence-corrected chi connectivity index (χ4v) is 4.36. The molecule has 2 N–H and O–H groups in total. The lowest BCUT2D eigenvalue weighted by Crippen LogP contribution is -2.38. The quantitative estimate of drug-likeness (QED) is 0.771. The normalized spacial score (nSPS) is 16.0. The van der Waals surface area contributed by atoms with E-state index in [-0.39, 0.29) is 10.9 Å². The van der Waals surface area contributed by atoms with Crippen LogP contribution in [-0.2, 0) is 14.8 Å². The van der Waals surface area contributed by atoms with Crippen LogP contribution in [0.3, 0.4) is 0 Å². The lowest BCUT2D eigenvalue weighted by Gasteiger charge is -2.17. The van der Waals surface area contributed by atoms with Gasteiger partial charge in [0, 0.05) is 20.1 Å². The second-order valence-corrected chi connectivity index (χ2v) is 8.03. The van der Waals surface area contributed by atoms with Crippen molar-refractivity contribution in [1.82, 2.24) is 14.9 Å². The zero-order chi connectivity index (χ0) is 19.4. The fourth-order valence-electron chi connectivity index (χ4n) is 2.93. The van der Waals surface area contributed by atoms with Crippen LogP contribution >= 0.6 is 0 Å². The van der Waals surface area contributed by atoms with Crippen molar-refractivity contribution in [3.8, 4) is 0 Å². The molecule has 1 fully saturated rings. The number of rotatable bonds is 6. The molecule has 2 aromatic rings. The van der Waals surface area contributed by atoms with Crippen LogP contribution in [-0.4, -0.2) is 44.7 Å². The van der Waals surface area contributed by atoms with E-state index in [1.54, 1.807) is 30.3 Å². The van der Waals surface area contributed by atoms with Gasteiger partial charge in [-0.1, -0.05) is 30.3 Å². The molecule has 0 bridgehead atoms. The summed E-state index contributed by atoms with van der Waals surface area (Å²) in [5.74, 6) is -1.24. The van der Waals surface area contributed by atoms with Crippen molar-refractivity contribution < 1.29 is 22.4 Å². The minimum atomic E-state index is -3.75. The van der Waals surface area contributed by atoms with Crippen molar-refractivity contribution >= 4 is 21.8 Å². The van der Waals surface area contributed by atoms with Gasteiger partial charge in [0.15, 0.2) is 5.76 Å². The van der Waals surface area contributed by atoms with Gasteiger partial charge in [0.05, 0.1) is 0 Å². The third kappa shape index (κ3) is 4.04. The van der Waals surface area contributed by atoms with Crippen LogP contribution in [0.2, 0.25) is 0 Å². The number of hydrogen-bond acceptors (Lipinski definition) is 5. The molecule has 1 aliphatic heterocycles. The summed E-state index contributed by atoms with van der Waals surface area (Å²) in [4.78, 5) is 24.7. The van der Waals surface area contributed by atoms with Gasteiger partial charge in [0.1, 0.15) is 6.04 Å². The van der Waals surface area contributed by atoms with Crippen molar-refractivity contribution in [3.05, 3.63) is 53.8 Å². The average molecular weight is 391 g/mol. The van der Waals surface area contributed by atoms with Crippen LogP contribution in [0.4, 0.5) is 0 Å². The zero-order valence-corrected chi connectivity index (χ0v) is 15.7. The van der Waals surface area contributed by atoms with Gasteiger partial charge in [-0.05, 0) is 30.5 Å². The highest BCUT2D eigenvalue weighted by molar-refractivity contribution is 7.89. The molecule has 8 nitrogen and oxygen atoms in total. The zero-order valence-electron chi connectivity index (χ0n) is 14.8. The lowest BCUT2D eigenvalue weighted by molar-refractivity contribution is -0.122. The monoisotopic (exact) mass is 391 g/mol. The first-order valence-electron chi connectivity index (χ1n) is 8.61. The van der Waals surface area contributed by atoms with Crippen molar-refractivity contribution in [2.45, 2.75) is 24.0 Å². The first-order valence-corrected chi connectivity index (χ1v) is 10.0. The molecule has 144 valence electrons. The largest absolute Gasteiger partial charge is 0.438 e. The van der Waals surface area contributed by atoms with Gasteiger partial charge in [0.25, 0.3) is 15.9 Å². The second-order valence-electron chi connectivity index (χ2n) is 6.16. The summed E-state index contributed by atoms with van der Waals surface area (Å²) >= 11 is 0. The summed E-state index contributed by atoms with van der Waals surface area (Å²) < 4.78 is 31.6. The van der Waals surface area contributed by atoms with Gasteiger partial charge in [-0.3, -0.25) is 9.59 Å². The smallest absolute Gasteiger partial charge is 0.287 e. The Morgan fingerprint density at radius 3 is 2.37 bits per heavy atom.